The first kappa shape index (κ1) is 17.1. The molecule has 23 heavy (non-hydrogen) atoms. The van der Waals surface area contributed by atoms with Crippen LogP contribution in [0.5, 0.6) is 5.75 Å². The van der Waals surface area contributed by atoms with Gasteiger partial charge < -0.3 is 9.84 Å². The molecule has 0 amide bonds. The van der Waals surface area contributed by atoms with Gasteiger partial charge in [-0.05, 0) is 42.2 Å². The van der Waals surface area contributed by atoms with Gasteiger partial charge in [-0.2, -0.15) is 0 Å². The molecule has 0 aromatic heterocycles. The van der Waals surface area contributed by atoms with Crippen LogP contribution in [-0.4, -0.2) is 11.1 Å². The van der Waals surface area contributed by atoms with Crippen molar-refractivity contribution in [3.63, 3.8) is 0 Å². The molecule has 1 unspecified atom stereocenters. The summed E-state index contributed by atoms with van der Waals surface area (Å²) in [6.45, 7) is 4.01. The quantitative estimate of drug-likeness (QED) is 0.561. The van der Waals surface area contributed by atoms with Gasteiger partial charge in [-0.25, -0.2) is 0 Å². The van der Waals surface area contributed by atoms with Crippen LogP contribution in [0.25, 0.3) is 11.1 Å². The van der Waals surface area contributed by atoms with Crippen LogP contribution in [0.15, 0.2) is 48.5 Å². The molecule has 0 saturated heterocycles. The second-order valence-electron chi connectivity index (χ2n) is 5.76. The maximum absolute atomic E-state index is 11.8. The first-order valence-corrected chi connectivity index (χ1v) is 8.19. The summed E-state index contributed by atoms with van der Waals surface area (Å²) in [5.74, 6) is 0.127. The molecule has 0 saturated carbocycles. The zero-order valence-corrected chi connectivity index (χ0v) is 13.8. The number of benzene rings is 2. The summed E-state index contributed by atoms with van der Waals surface area (Å²) in [5, 5.41) is 9.33. The van der Waals surface area contributed by atoms with Crippen LogP contribution in [0.3, 0.4) is 0 Å². The number of hydrogen-bond acceptors (Lipinski definition) is 3. The fourth-order valence-electron chi connectivity index (χ4n) is 2.44. The van der Waals surface area contributed by atoms with Crippen LogP contribution < -0.4 is 0 Å². The van der Waals surface area contributed by atoms with Gasteiger partial charge in [-0.1, -0.05) is 56.2 Å². The predicted octanol–water partition coefficient (Wildman–Crippen LogP) is 5.24. The lowest BCUT2D eigenvalue weighted by atomic mass is 10.0. The molecule has 0 fully saturated rings. The van der Waals surface area contributed by atoms with E-state index < -0.39 is 0 Å². The minimum Gasteiger partial charge on any atom is -0.508 e. The van der Waals surface area contributed by atoms with Crippen molar-refractivity contribution in [3.05, 3.63) is 54.1 Å². The standard InChI is InChI=1S/C20H24O3/c1-3-4-5-6-20(22)23-15(2)16-7-9-17(10-8-16)18-11-13-19(21)14-12-18/h7-15,21H,3-6H2,1-2H3. The molecule has 0 spiro atoms. The Hall–Kier alpha value is -2.29. The monoisotopic (exact) mass is 312 g/mol. The van der Waals surface area contributed by atoms with Crippen molar-refractivity contribution in [2.75, 3.05) is 0 Å². The van der Waals surface area contributed by atoms with E-state index in [1.54, 1.807) is 12.1 Å². The lowest BCUT2D eigenvalue weighted by molar-refractivity contribution is -0.148. The Balaban J connectivity index is 1.96. The van der Waals surface area contributed by atoms with Crippen molar-refractivity contribution in [3.8, 4) is 16.9 Å². The summed E-state index contributed by atoms with van der Waals surface area (Å²) in [6.07, 6.45) is 3.30. The number of aromatic hydroxyl groups is 1. The third-order valence-electron chi connectivity index (χ3n) is 3.87. The number of rotatable bonds is 7. The highest BCUT2D eigenvalue weighted by Crippen LogP contribution is 2.25. The van der Waals surface area contributed by atoms with Crippen LogP contribution >= 0.6 is 0 Å². The highest BCUT2D eigenvalue weighted by atomic mass is 16.5. The average Bonchev–Trinajstić information content (AvgIpc) is 2.56. The third kappa shape index (κ3) is 5.13. The van der Waals surface area contributed by atoms with Crippen LogP contribution in [0.2, 0.25) is 0 Å². The Morgan fingerprint density at radius 1 is 1.00 bits per heavy atom. The van der Waals surface area contributed by atoms with Gasteiger partial charge in [0.25, 0.3) is 0 Å². The SMILES string of the molecule is CCCCCC(=O)OC(C)c1ccc(-c2ccc(O)cc2)cc1. The van der Waals surface area contributed by atoms with E-state index in [1.807, 2.05) is 43.3 Å². The van der Waals surface area contributed by atoms with Gasteiger partial charge in [-0.3, -0.25) is 4.79 Å². The molecule has 0 bridgehead atoms. The summed E-state index contributed by atoms with van der Waals surface area (Å²) in [7, 11) is 0. The van der Waals surface area contributed by atoms with Crippen LogP contribution in [0.1, 0.15) is 51.2 Å². The number of carbonyl (C=O) groups excluding carboxylic acids is 1. The van der Waals surface area contributed by atoms with Crippen molar-refractivity contribution < 1.29 is 14.6 Å². The van der Waals surface area contributed by atoms with E-state index in [1.165, 1.54) is 0 Å². The summed E-state index contributed by atoms with van der Waals surface area (Å²) in [5.41, 5.74) is 3.09. The summed E-state index contributed by atoms with van der Waals surface area (Å²) >= 11 is 0. The van der Waals surface area contributed by atoms with E-state index in [0.29, 0.717) is 6.42 Å². The van der Waals surface area contributed by atoms with Crippen LogP contribution in [-0.2, 0) is 9.53 Å². The van der Waals surface area contributed by atoms with Crippen molar-refractivity contribution >= 4 is 5.97 Å². The molecule has 0 aliphatic rings. The predicted molar refractivity (Wildman–Crippen MR) is 92.2 cm³/mol. The zero-order valence-electron chi connectivity index (χ0n) is 13.8. The molecule has 3 nitrogen and oxygen atoms in total. The topological polar surface area (TPSA) is 46.5 Å². The molecule has 0 radical (unpaired) electrons. The lowest BCUT2D eigenvalue weighted by Gasteiger charge is -2.14. The van der Waals surface area contributed by atoms with Crippen molar-refractivity contribution in [1.29, 1.82) is 0 Å². The number of carbonyl (C=O) groups is 1. The molecule has 3 heteroatoms. The fraction of sp³-hybridized carbons (Fsp3) is 0.350. The normalized spacial score (nSPS) is 11.9. The molecule has 0 aliphatic heterocycles. The molecule has 2 aromatic carbocycles. The molecule has 0 aliphatic carbocycles. The van der Waals surface area contributed by atoms with E-state index in [9.17, 15) is 9.90 Å². The van der Waals surface area contributed by atoms with Gasteiger partial charge >= 0.3 is 5.97 Å². The molecule has 0 heterocycles. The Morgan fingerprint density at radius 3 is 2.13 bits per heavy atom. The van der Waals surface area contributed by atoms with Gasteiger partial charge in [0.15, 0.2) is 0 Å². The number of ether oxygens (including phenoxy) is 1. The maximum atomic E-state index is 11.8. The molecule has 1 N–H and O–H groups in total. The highest BCUT2D eigenvalue weighted by molar-refractivity contribution is 5.69. The Kier molecular flexibility index (Phi) is 6.21. The number of phenols is 1. The van der Waals surface area contributed by atoms with Gasteiger partial charge in [-0.15, -0.1) is 0 Å². The summed E-state index contributed by atoms with van der Waals surface area (Å²) in [4.78, 5) is 11.8. The molecule has 2 rings (SSSR count). The number of esters is 1. The molecule has 122 valence electrons. The average molecular weight is 312 g/mol. The van der Waals surface area contributed by atoms with Gasteiger partial charge in [0.2, 0.25) is 0 Å². The van der Waals surface area contributed by atoms with E-state index >= 15 is 0 Å². The first-order valence-electron chi connectivity index (χ1n) is 8.19. The molecular formula is C20H24O3. The fourth-order valence-corrected chi connectivity index (χ4v) is 2.44. The Bertz CT molecular complexity index is 614. The van der Waals surface area contributed by atoms with Gasteiger partial charge in [0, 0.05) is 6.42 Å². The van der Waals surface area contributed by atoms with E-state index in [4.69, 9.17) is 4.74 Å². The first-order chi connectivity index (χ1) is 11.1. The highest BCUT2D eigenvalue weighted by Gasteiger charge is 2.11. The van der Waals surface area contributed by atoms with E-state index in [2.05, 4.69) is 6.92 Å². The van der Waals surface area contributed by atoms with E-state index in [-0.39, 0.29) is 17.8 Å². The van der Waals surface area contributed by atoms with Crippen molar-refractivity contribution in [2.24, 2.45) is 0 Å². The van der Waals surface area contributed by atoms with Gasteiger partial charge in [0.05, 0.1) is 0 Å². The largest absolute Gasteiger partial charge is 0.508 e. The third-order valence-corrected chi connectivity index (χ3v) is 3.87. The van der Waals surface area contributed by atoms with Crippen LogP contribution in [0.4, 0.5) is 0 Å². The van der Waals surface area contributed by atoms with Gasteiger partial charge in [0.1, 0.15) is 11.9 Å². The molecular weight excluding hydrogens is 288 g/mol. The van der Waals surface area contributed by atoms with Crippen LogP contribution in [0, 0.1) is 0 Å². The second-order valence-corrected chi connectivity index (χ2v) is 5.76. The lowest BCUT2D eigenvalue weighted by Crippen LogP contribution is -2.08. The number of unbranched alkanes of at least 4 members (excludes halogenated alkanes) is 2. The smallest absolute Gasteiger partial charge is 0.306 e. The van der Waals surface area contributed by atoms with E-state index in [0.717, 1.165) is 36.0 Å². The summed E-state index contributed by atoms with van der Waals surface area (Å²) < 4.78 is 5.47. The minimum atomic E-state index is -0.238. The second kappa shape index (κ2) is 8.37. The van der Waals surface area contributed by atoms with Crippen molar-refractivity contribution in [1.82, 2.24) is 0 Å². The maximum Gasteiger partial charge on any atom is 0.306 e. The zero-order chi connectivity index (χ0) is 16.7. The Labute approximate surface area is 137 Å². The Morgan fingerprint density at radius 2 is 1.57 bits per heavy atom. The summed E-state index contributed by atoms with van der Waals surface area (Å²) in [6, 6.07) is 15.1. The molecule has 2 aromatic rings. The number of phenolic OH excluding ortho intramolecular Hbond substituents is 1. The van der Waals surface area contributed by atoms with Crippen molar-refractivity contribution in [2.45, 2.75) is 45.6 Å². The minimum absolute atomic E-state index is 0.131. The molecule has 1 atom stereocenters. The number of hydrogen-bond donors (Lipinski definition) is 1.